The van der Waals surface area contributed by atoms with Crippen molar-refractivity contribution in [2.24, 2.45) is 0 Å². The molecule has 0 rings (SSSR count). The minimum absolute atomic E-state index is 0.220. The predicted molar refractivity (Wildman–Crippen MR) is 208 cm³/mol. The highest BCUT2D eigenvalue weighted by molar-refractivity contribution is 7.80. The highest BCUT2D eigenvalue weighted by atomic mass is 32.3. The lowest BCUT2D eigenvalue weighted by molar-refractivity contribution is -0.968. The van der Waals surface area contributed by atoms with Gasteiger partial charge in [-0.2, -0.15) is 0 Å². The maximum absolute atomic E-state index is 10.7. The third-order valence-corrected chi connectivity index (χ3v) is 10.9. The van der Waals surface area contributed by atoms with E-state index in [0.717, 1.165) is 18.1 Å². The Balaban J connectivity index is 0. The Labute approximate surface area is 302 Å². The van der Waals surface area contributed by atoms with E-state index in [1.54, 1.807) is 0 Å². The molecule has 6 nitrogen and oxygen atoms in total. The first-order valence-corrected chi connectivity index (χ1v) is 22.6. The summed E-state index contributed by atoms with van der Waals surface area (Å²) in [5.41, 5.74) is 0. The average molecular weight is 706 g/mol. The number of aliphatic hydroxyl groups excluding tert-OH is 1. The molecular weight excluding hydrogens is 619 g/mol. The molecule has 1 unspecified atom stereocenters. The minimum Gasteiger partial charge on any atom is -0.726 e. The molecule has 0 saturated heterocycles. The van der Waals surface area contributed by atoms with Gasteiger partial charge in [-0.25, -0.2) is 8.42 Å². The van der Waals surface area contributed by atoms with Crippen LogP contribution in [0, 0.1) is 0 Å². The van der Waals surface area contributed by atoms with Gasteiger partial charge in [0.2, 0.25) is 10.4 Å². The van der Waals surface area contributed by atoms with Gasteiger partial charge in [0.15, 0.2) is 6.23 Å². The molecule has 0 aliphatic carbocycles. The molecule has 7 heteroatoms. The van der Waals surface area contributed by atoms with Gasteiger partial charge in [0.05, 0.1) is 26.7 Å². The maximum Gasteiger partial charge on any atom is 0.217 e. The summed E-state index contributed by atoms with van der Waals surface area (Å²) in [5.74, 6) is 0. The van der Waals surface area contributed by atoms with Crippen molar-refractivity contribution in [1.82, 2.24) is 0 Å². The van der Waals surface area contributed by atoms with Crippen molar-refractivity contribution in [2.75, 3.05) is 26.7 Å². The van der Waals surface area contributed by atoms with Gasteiger partial charge in [0.1, 0.15) is 0 Å². The van der Waals surface area contributed by atoms with E-state index in [-0.39, 0.29) is 6.23 Å². The molecule has 48 heavy (non-hydrogen) atoms. The van der Waals surface area contributed by atoms with Gasteiger partial charge in [-0.1, -0.05) is 194 Å². The molecule has 0 saturated carbocycles. The van der Waals surface area contributed by atoms with Crippen molar-refractivity contribution >= 4 is 10.4 Å². The fourth-order valence-corrected chi connectivity index (χ4v) is 7.02. The number of quaternary nitrogens is 1. The van der Waals surface area contributed by atoms with Crippen molar-refractivity contribution in [3.63, 3.8) is 0 Å². The topological polar surface area (TPSA) is 86.7 Å². The van der Waals surface area contributed by atoms with Gasteiger partial charge >= 0.3 is 0 Å². The first kappa shape index (κ1) is 49.9. The van der Waals surface area contributed by atoms with E-state index in [2.05, 4.69) is 25.0 Å². The Morgan fingerprint density at radius 2 is 0.667 bits per heavy atom. The smallest absolute Gasteiger partial charge is 0.217 e. The van der Waals surface area contributed by atoms with Gasteiger partial charge < -0.3 is 9.66 Å². The summed E-state index contributed by atoms with van der Waals surface area (Å²) in [7, 11) is -3.60. The average Bonchev–Trinajstić information content (AvgIpc) is 3.06. The number of nitrogens with zero attached hydrogens (tertiary/aromatic N) is 1. The Kier molecular flexibility index (Phi) is 39.5. The molecule has 0 amide bonds. The van der Waals surface area contributed by atoms with Gasteiger partial charge in [-0.15, -0.1) is 0 Å². The van der Waals surface area contributed by atoms with E-state index in [1.165, 1.54) is 219 Å². The lowest BCUT2D eigenvalue weighted by atomic mass is 10.0. The molecule has 0 aromatic carbocycles. The van der Waals surface area contributed by atoms with Crippen LogP contribution in [0.2, 0.25) is 0 Å². The number of hydrogen-bond acceptors (Lipinski definition) is 5. The molecule has 0 aliphatic heterocycles. The van der Waals surface area contributed by atoms with Crippen LogP contribution in [-0.4, -0.2) is 55.5 Å². The van der Waals surface area contributed by atoms with Gasteiger partial charge in [-0.05, 0) is 32.6 Å². The van der Waals surface area contributed by atoms with Crippen LogP contribution in [0.5, 0.6) is 0 Å². The fraction of sp³-hybridized carbons (Fsp3) is 1.00. The molecule has 0 heterocycles. The summed E-state index contributed by atoms with van der Waals surface area (Å²) in [6, 6.07) is 0. The van der Waals surface area contributed by atoms with Crippen molar-refractivity contribution in [2.45, 2.75) is 239 Å². The summed E-state index contributed by atoms with van der Waals surface area (Å²) >= 11 is 0. The molecule has 0 aliphatic rings. The molecule has 0 bridgehead atoms. The number of unbranched alkanes of at least 4 members (excludes halogenated alkanes) is 30. The molecular formula is C41H87NO5S. The van der Waals surface area contributed by atoms with Crippen molar-refractivity contribution in [3.8, 4) is 0 Å². The van der Waals surface area contributed by atoms with Crippen molar-refractivity contribution < 1.29 is 26.7 Å². The number of hydrogen-bond donors (Lipinski definition) is 1. The maximum atomic E-state index is 10.7. The van der Waals surface area contributed by atoms with Crippen LogP contribution in [0.25, 0.3) is 0 Å². The monoisotopic (exact) mass is 706 g/mol. The Morgan fingerprint density at radius 1 is 0.479 bits per heavy atom. The second kappa shape index (κ2) is 38.0. The summed E-state index contributed by atoms with van der Waals surface area (Å²) in [6.45, 7) is 12.4. The Morgan fingerprint density at radius 3 is 0.812 bits per heavy atom. The van der Waals surface area contributed by atoms with Crippen LogP contribution in [0.4, 0.5) is 0 Å². The lowest BCUT2D eigenvalue weighted by Gasteiger charge is -2.40. The summed E-state index contributed by atoms with van der Waals surface area (Å²) in [4.78, 5) is 0. The normalized spacial score (nSPS) is 12.6. The standard InChI is InChI=1S/C40H84NO.CH4O4S/c1-5-8-10-12-14-16-18-20-22-24-26-28-30-32-34-36-38-41(7-3,40(4)42)39-37-35-33-31-29-27-25-23-21-19-17-15-13-11-9-6-2;1-5-6(2,3)4/h40,42H,5-39H2,1-4H3;1H3,(H,2,3,4)/q+1;/p-1. The SMILES string of the molecule is CCCCCCCCCCCCCCCCCC[N+](CC)(CCCCCCCCCCCCCCCCCC)C(C)O.COS(=O)(=O)[O-]. The van der Waals surface area contributed by atoms with Crippen LogP contribution < -0.4 is 0 Å². The summed E-state index contributed by atoms with van der Waals surface area (Å²) in [6.07, 6.45) is 45.4. The first-order chi connectivity index (χ1) is 23.2. The summed E-state index contributed by atoms with van der Waals surface area (Å²) in [5, 5.41) is 10.7. The zero-order valence-electron chi connectivity index (χ0n) is 33.3. The second-order valence-electron chi connectivity index (χ2n) is 14.8. The van der Waals surface area contributed by atoms with Crippen LogP contribution >= 0.6 is 0 Å². The van der Waals surface area contributed by atoms with E-state index in [0.29, 0.717) is 0 Å². The zero-order chi connectivity index (χ0) is 36.0. The third-order valence-electron chi connectivity index (χ3n) is 10.5. The van der Waals surface area contributed by atoms with E-state index in [4.69, 9.17) is 0 Å². The van der Waals surface area contributed by atoms with Crippen LogP contribution in [0.3, 0.4) is 0 Å². The molecule has 0 aromatic heterocycles. The molecule has 1 atom stereocenters. The molecule has 0 fully saturated rings. The molecule has 0 spiro atoms. The van der Waals surface area contributed by atoms with E-state index in [1.807, 2.05) is 6.92 Å². The van der Waals surface area contributed by atoms with Crippen molar-refractivity contribution in [1.29, 1.82) is 0 Å². The number of aliphatic hydroxyl groups is 1. The predicted octanol–water partition coefficient (Wildman–Crippen LogP) is 12.8. The quantitative estimate of drug-likeness (QED) is 0.0228. The molecule has 0 radical (unpaired) electrons. The van der Waals surface area contributed by atoms with E-state index < -0.39 is 10.4 Å². The largest absolute Gasteiger partial charge is 0.726 e. The third kappa shape index (κ3) is 37.1. The van der Waals surface area contributed by atoms with Crippen LogP contribution in [0.1, 0.15) is 233 Å². The fourth-order valence-electron chi connectivity index (χ4n) is 7.02. The highest BCUT2D eigenvalue weighted by Crippen LogP contribution is 2.20. The molecule has 292 valence electrons. The Bertz CT molecular complexity index is 680. The first-order valence-electron chi connectivity index (χ1n) is 21.2. The van der Waals surface area contributed by atoms with E-state index in [9.17, 15) is 18.1 Å². The lowest BCUT2D eigenvalue weighted by Crippen LogP contribution is -2.55. The zero-order valence-corrected chi connectivity index (χ0v) is 34.1. The van der Waals surface area contributed by atoms with Gasteiger partial charge in [0.25, 0.3) is 0 Å². The summed E-state index contributed by atoms with van der Waals surface area (Å²) < 4.78 is 31.9. The van der Waals surface area contributed by atoms with Gasteiger partial charge in [0, 0.05) is 6.92 Å². The van der Waals surface area contributed by atoms with Crippen molar-refractivity contribution in [3.05, 3.63) is 0 Å². The highest BCUT2D eigenvalue weighted by Gasteiger charge is 2.29. The minimum atomic E-state index is -4.41. The molecule has 0 aromatic rings. The number of rotatable bonds is 37. The van der Waals surface area contributed by atoms with Crippen LogP contribution in [0.15, 0.2) is 0 Å². The second-order valence-corrected chi connectivity index (χ2v) is 15.9. The van der Waals surface area contributed by atoms with Gasteiger partial charge in [-0.3, -0.25) is 8.67 Å². The Hall–Kier alpha value is -0.210. The van der Waals surface area contributed by atoms with E-state index >= 15 is 0 Å². The molecule has 1 N–H and O–H groups in total. The van der Waals surface area contributed by atoms with Crippen LogP contribution in [-0.2, 0) is 14.6 Å².